The van der Waals surface area contributed by atoms with Crippen molar-refractivity contribution in [1.29, 1.82) is 0 Å². The second kappa shape index (κ2) is 4.45. The molecule has 0 heterocycles. The molecule has 1 aromatic rings. The molecule has 0 saturated heterocycles. The van der Waals surface area contributed by atoms with Crippen molar-refractivity contribution in [3.63, 3.8) is 0 Å². The Morgan fingerprint density at radius 2 is 2.12 bits per heavy atom. The van der Waals surface area contributed by atoms with Crippen LogP contribution in [-0.2, 0) is 6.54 Å². The lowest BCUT2D eigenvalue weighted by Gasteiger charge is -2.38. The third kappa shape index (κ3) is 2.71. The van der Waals surface area contributed by atoms with Gasteiger partial charge in [-0.3, -0.25) is 0 Å². The zero-order chi connectivity index (χ0) is 11.7. The van der Waals surface area contributed by atoms with Gasteiger partial charge in [-0.25, -0.2) is 0 Å². The Morgan fingerprint density at radius 1 is 1.29 bits per heavy atom. The average Bonchev–Trinajstić information content (AvgIpc) is 3.11. The molecule has 3 rings (SSSR count). The van der Waals surface area contributed by atoms with Gasteiger partial charge in [0.15, 0.2) is 0 Å². The van der Waals surface area contributed by atoms with Crippen molar-refractivity contribution in [3.8, 4) is 0 Å². The maximum absolute atomic E-state index is 3.63. The lowest BCUT2D eigenvalue weighted by Crippen LogP contribution is -2.36. The van der Waals surface area contributed by atoms with Crippen LogP contribution in [0.2, 0.25) is 0 Å². The molecule has 2 aliphatic carbocycles. The first-order valence-electron chi connectivity index (χ1n) is 7.05. The predicted molar refractivity (Wildman–Crippen MR) is 72.1 cm³/mol. The Labute approximate surface area is 105 Å². The van der Waals surface area contributed by atoms with E-state index in [0.29, 0.717) is 5.41 Å². The van der Waals surface area contributed by atoms with Gasteiger partial charge in [-0.1, -0.05) is 37.6 Å². The van der Waals surface area contributed by atoms with E-state index in [-0.39, 0.29) is 0 Å². The van der Waals surface area contributed by atoms with Crippen molar-refractivity contribution in [2.75, 3.05) is 6.54 Å². The van der Waals surface area contributed by atoms with Gasteiger partial charge in [-0.2, -0.15) is 0 Å². The van der Waals surface area contributed by atoms with Gasteiger partial charge >= 0.3 is 0 Å². The topological polar surface area (TPSA) is 12.0 Å². The second-order valence-electron chi connectivity index (χ2n) is 6.29. The van der Waals surface area contributed by atoms with Gasteiger partial charge in [-0.15, -0.1) is 0 Å². The number of benzene rings is 1. The number of nitrogens with one attached hydrogen (secondary N) is 1. The minimum absolute atomic E-state index is 0.591. The van der Waals surface area contributed by atoms with Crippen LogP contribution in [0.4, 0.5) is 0 Å². The molecule has 0 unspecified atom stereocenters. The quantitative estimate of drug-likeness (QED) is 0.809. The minimum Gasteiger partial charge on any atom is -0.312 e. The molecule has 1 nitrogen and oxygen atoms in total. The van der Waals surface area contributed by atoms with E-state index in [1.807, 2.05) is 0 Å². The minimum atomic E-state index is 0.591. The van der Waals surface area contributed by atoms with Gasteiger partial charge in [0.25, 0.3) is 0 Å². The van der Waals surface area contributed by atoms with Crippen molar-refractivity contribution >= 4 is 0 Å². The fourth-order valence-electron chi connectivity index (χ4n) is 2.84. The summed E-state index contributed by atoms with van der Waals surface area (Å²) in [5, 5.41) is 3.63. The molecule has 92 valence electrons. The Bertz CT molecular complexity index is 388. The maximum atomic E-state index is 3.63. The third-order valence-electron chi connectivity index (χ3n) is 4.44. The molecule has 0 aromatic heterocycles. The van der Waals surface area contributed by atoms with Crippen molar-refractivity contribution in [2.45, 2.75) is 51.5 Å². The predicted octanol–water partition coefficient (Wildman–Crippen LogP) is 3.84. The molecule has 0 radical (unpaired) electrons. The van der Waals surface area contributed by atoms with E-state index in [9.17, 15) is 0 Å². The molecule has 1 N–H and O–H groups in total. The zero-order valence-corrected chi connectivity index (χ0v) is 10.8. The molecule has 2 saturated carbocycles. The highest BCUT2D eigenvalue weighted by atomic mass is 14.9. The largest absolute Gasteiger partial charge is 0.312 e. The summed E-state index contributed by atoms with van der Waals surface area (Å²) in [4.78, 5) is 0. The monoisotopic (exact) mass is 229 g/mol. The van der Waals surface area contributed by atoms with E-state index in [1.165, 1.54) is 44.2 Å². The summed E-state index contributed by atoms with van der Waals surface area (Å²) in [7, 11) is 0. The van der Waals surface area contributed by atoms with E-state index in [1.54, 1.807) is 5.56 Å². The van der Waals surface area contributed by atoms with Crippen LogP contribution in [0, 0.1) is 5.41 Å². The van der Waals surface area contributed by atoms with Crippen LogP contribution in [0.3, 0.4) is 0 Å². The van der Waals surface area contributed by atoms with Gasteiger partial charge in [0.2, 0.25) is 0 Å². The van der Waals surface area contributed by atoms with Crippen LogP contribution in [0.25, 0.3) is 0 Å². The Morgan fingerprint density at radius 3 is 2.76 bits per heavy atom. The van der Waals surface area contributed by atoms with E-state index in [2.05, 4.69) is 36.5 Å². The standard InChI is InChI=1S/C16H23N/c1-16(8-3-9-16)12-17-11-13-4-2-5-15(10-13)14-6-7-14/h2,4-5,10,14,17H,3,6-9,11-12H2,1H3. The smallest absolute Gasteiger partial charge is 0.0205 e. The molecule has 17 heavy (non-hydrogen) atoms. The highest BCUT2D eigenvalue weighted by molar-refractivity contribution is 5.29. The van der Waals surface area contributed by atoms with Crippen molar-refractivity contribution < 1.29 is 0 Å². The lowest BCUT2D eigenvalue weighted by atomic mass is 9.70. The summed E-state index contributed by atoms with van der Waals surface area (Å²) < 4.78 is 0. The van der Waals surface area contributed by atoms with E-state index in [4.69, 9.17) is 0 Å². The fraction of sp³-hybridized carbons (Fsp3) is 0.625. The van der Waals surface area contributed by atoms with Crippen LogP contribution in [-0.4, -0.2) is 6.54 Å². The fourth-order valence-corrected chi connectivity index (χ4v) is 2.84. The Hall–Kier alpha value is -0.820. The Balaban J connectivity index is 1.52. The maximum Gasteiger partial charge on any atom is 0.0205 e. The molecule has 2 aliphatic rings. The highest BCUT2D eigenvalue weighted by Crippen LogP contribution is 2.40. The van der Waals surface area contributed by atoms with Crippen molar-refractivity contribution in [3.05, 3.63) is 35.4 Å². The number of hydrogen-bond donors (Lipinski definition) is 1. The number of rotatable bonds is 5. The molecule has 1 aromatic carbocycles. The summed E-state index contributed by atoms with van der Waals surface area (Å²) in [6.07, 6.45) is 7.03. The van der Waals surface area contributed by atoms with Gasteiger partial charge in [0, 0.05) is 13.1 Å². The molecule has 0 bridgehead atoms. The average molecular weight is 229 g/mol. The molecule has 1 heteroatoms. The molecule has 0 aliphatic heterocycles. The van der Waals surface area contributed by atoms with E-state index in [0.717, 1.165) is 12.5 Å². The SMILES string of the molecule is CC1(CNCc2cccc(C3CC3)c2)CCC1. The molecule has 0 spiro atoms. The Kier molecular flexibility index (Phi) is 2.96. The van der Waals surface area contributed by atoms with Crippen LogP contribution in [0.1, 0.15) is 56.1 Å². The normalized spacial score (nSPS) is 22.2. The van der Waals surface area contributed by atoms with Gasteiger partial charge in [-0.05, 0) is 48.1 Å². The zero-order valence-electron chi connectivity index (χ0n) is 10.8. The molecular weight excluding hydrogens is 206 g/mol. The van der Waals surface area contributed by atoms with Crippen LogP contribution in [0.5, 0.6) is 0 Å². The lowest BCUT2D eigenvalue weighted by molar-refractivity contribution is 0.156. The van der Waals surface area contributed by atoms with Crippen LogP contribution in [0.15, 0.2) is 24.3 Å². The summed E-state index contributed by atoms with van der Waals surface area (Å²) in [6.45, 7) is 4.63. The van der Waals surface area contributed by atoms with Crippen molar-refractivity contribution in [2.24, 2.45) is 5.41 Å². The van der Waals surface area contributed by atoms with Crippen LogP contribution >= 0.6 is 0 Å². The van der Waals surface area contributed by atoms with Crippen LogP contribution < -0.4 is 5.32 Å². The summed E-state index contributed by atoms with van der Waals surface area (Å²) in [5.41, 5.74) is 3.60. The van der Waals surface area contributed by atoms with Crippen molar-refractivity contribution in [1.82, 2.24) is 5.32 Å². The summed E-state index contributed by atoms with van der Waals surface area (Å²) >= 11 is 0. The summed E-state index contributed by atoms with van der Waals surface area (Å²) in [6, 6.07) is 9.15. The molecular formula is C16H23N. The first kappa shape index (κ1) is 11.3. The molecule has 2 fully saturated rings. The molecule has 0 atom stereocenters. The van der Waals surface area contributed by atoms with E-state index >= 15 is 0 Å². The van der Waals surface area contributed by atoms with E-state index < -0.39 is 0 Å². The van der Waals surface area contributed by atoms with Gasteiger partial charge in [0.1, 0.15) is 0 Å². The number of hydrogen-bond acceptors (Lipinski definition) is 1. The first-order valence-corrected chi connectivity index (χ1v) is 7.05. The first-order chi connectivity index (χ1) is 8.25. The van der Waals surface area contributed by atoms with Gasteiger partial charge in [0.05, 0.1) is 0 Å². The highest BCUT2D eigenvalue weighted by Gasteiger charge is 2.30. The second-order valence-corrected chi connectivity index (χ2v) is 6.29. The molecule has 0 amide bonds. The third-order valence-corrected chi connectivity index (χ3v) is 4.44. The van der Waals surface area contributed by atoms with Gasteiger partial charge < -0.3 is 5.32 Å². The summed E-state index contributed by atoms with van der Waals surface area (Å²) in [5.74, 6) is 0.874.